The maximum atomic E-state index is 12.5. The van der Waals surface area contributed by atoms with Crippen LogP contribution in [0.15, 0.2) is 6.20 Å². The highest BCUT2D eigenvalue weighted by molar-refractivity contribution is 5.86. The number of aryl methyl sites for hydroxylation is 1. The summed E-state index contributed by atoms with van der Waals surface area (Å²) in [5, 5.41) is 0. The van der Waals surface area contributed by atoms with Gasteiger partial charge in [0.2, 0.25) is 0 Å². The number of cyclic esters (lactones) is 1. The lowest BCUT2D eigenvalue weighted by Gasteiger charge is -2.25. The average Bonchev–Trinajstić information content (AvgIpc) is 2.90. The Kier molecular flexibility index (Phi) is 4.07. The number of imidazole rings is 1. The first-order valence-electron chi connectivity index (χ1n) is 7.17. The van der Waals surface area contributed by atoms with Gasteiger partial charge in [-0.1, -0.05) is 6.92 Å². The normalized spacial score (nSPS) is 25.8. The molecule has 1 aromatic rings. The van der Waals surface area contributed by atoms with Crippen LogP contribution in [0.4, 0.5) is 0 Å². The summed E-state index contributed by atoms with van der Waals surface area (Å²) in [5.74, 6) is -1.16. The fraction of sp³-hybridized carbons (Fsp3) is 0.667. The third kappa shape index (κ3) is 3.25. The summed E-state index contributed by atoms with van der Waals surface area (Å²) in [7, 11) is 0. The number of esters is 2. The summed E-state index contributed by atoms with van der Waals surface area (Å²) >= 11 is 0. The van der Waals surface area contributed by atoms with E-state index in [-0.39, 0.29) is 5.97 Å². The molecular weight excluding hydrogens is 272 g/mol. The molecule has 1 aliphatic heterocycles. The third-order valence-corrected chi connectivity index (χ3v) is 3.45. The molecule has 3 unspecified atom stereocenters. The molecule has 2 heterocycles. The Labute approximate surface area is 124 Å². The molecule has 1 fully saturated rings. The minimum Gasteiger partial charge on any atom is -0.460 e. The minimum absolute atomic E-state index is 0.356. The van der Waals surface area contributed by atoms with Gasteiger partial charge in [0.15, 0.2) is 6.10 Å². The molecule has 0 aliphatic carbocycles. The summed E-state index contributed by atoms with van der Waals surface area (Å²) in [6.07, 6.45) is 1.48. The molecule has 1 N–H and O–H groups in total. The first kappa shape index (κ1) is 15.5. The number of H-pyrrole nitrogens is 1. The Balaban J connectivity index is 2.30. The highest BCUT2D eigenvalue weighted by Gasteiger charge is 2.50. The highest BCUT2D eigenvalue weighted by Crippen LogP contribution is 2.41. The summed E-state index contributed by atoms with van der Waals surface area (Å²) in [6.45, 7) is 9.08. The van der Waals surface area contributed by atoms with Crippen LogP contribution in [0.2, 0.25) is 0 Å². The fourth-order valence-corrected chi connectivity index (χ4v) is 2.56. The summed E-state index contributed by atoms with van der Waals surface area (Å²) in [6, 6.07) is 0. The van der Waals surface area contributed by atoms with Crippen LogP contribution in [0.3, 0.4) is 0 Å². The fourth-order valence-electron chi connectivity index (χ4n) is 2.56. The number of carbonyl (C=O) groups excluding carboxylic acids is 2. The van der Waals surface area contributed by atoms with Crippen molar-refractivity contribution < 1.29 is 19.1 Å². The molecule has 0 bridgehead atoms. The van der Waals surface area contributed by atoms with Crippen LogP contribution in [0.25, 0.3) is 0 Å². The molecule has 6 heteroatoms. The zero-order chi connectivity index (χ0) is 15.8. The van der Waals surface area contributed by atoms with Crippen LogP contribution < -0.4 is 0 Å². The first-order valence-corrected chi connectivity index (χ1v) is 7.17. The number of aromatic nitrogens is 2. The van der Waals surface area contributed by atoms with E-state index in [9.17, 15) is 9.59 Å². The van der Waals surface area contributed by atoms with Crippen LogP contribution >= 0.6 is 0 Å². The van der Waals surface area contributed by atoms with E-state index in [0.29, 0.717) is 17.9 Å². The van der Waals surface area contributed by atoms with Gasteiger partial charge in [-0.25, -0.2) is 4.98 Å². The standard InChI is InChI=1S/C15H22N2O4/c1-6-9-11(14(19)21-15(3,4)5)12(20-13(9)18)10-7-16-8(2)17-10/h7,9,11-12H,6H2,1-5H3,(H,16,17). The van der Waals surface area contributed by atoms with Gasteiger partial charge in [0.05, 0.1) is 17.8 Å². The zero-order valence-corrected chi connectivity index (χ0v) is 13.1. The predicted molar refractivity (Wildman–Crippen MR) is 75.3 cm³/mol. The molecule has 0 radical (unpaired) electrons. The molecule has 1 aromatic heterocycles. The van der Waals surface area contributed by atoms with Gasteiger partial charge in [-0.2, -0.15) is 0 Å². The molecule has 21 heavy (non-hydrogen) atoms. The average molecular weight is 294 g/mol. The van der Waals surface area contributed by atoms with E-state index in [1.165, 1.54) is 0 Å². The maximum Gasteiger partial charge on any atom is 0.314 e. The van der Waals surface area contributed by atoms with Crippen LogP contribution in [0, 0.1) is 18.8 Å². The van der Waals surface area contributed by atoms with Gasteiger partial charge in [-0.15, -0.1) is 0 Å². The van der Waals surface area contributed by atoms with Crippen molar-refractivity contribution in [1.29, 1.82) is 0 Å². The van der Waals surface area contributed by atoms with Crippen LogP contribution in [-0.2, 0) is 19.1 Å². The van der Waals surface area contributed by atoms with Gasteiger partial charge < -0.3 is 14.5 Å². The van der Waals surface area contributed by atoms with Crippen LogP contribution in [0.5, 0.6) is 0 Å². The van der Waals surface area contributed by atoms with Crippen LogP contribution in [0.1, 0.15) is 51.7 Å². The molecule has 1 saturated heterocycles. The van der Waals surface area contributed by atoms with E-state index in [0.717, 1.165) is 0 Å². The van der Waals surface area contributed by atoms with Crippen molar-refractivity contribution in [1.82, 2.24) is 9.97 Å². The molecule has 0 saturated carbocycles. The van der Waals surface area contributed by atoms with Gasteiger partial charge in [-0.05, 0) is 34.1 Å². The van der Waals surface area contributed by atoms with Crippen LogP contribution in [-0.4, -0.2) is 27.5 Å². The SMILES string of the molecule is CCC1C(=O)OC(c2cnc(C)[nH]2)C1C(=O)OC(C)(C)C. The van der Waals surface area contributed by atoms with E-state index in [1.807, 2.05) is 6.92 Å². The van der Waals surface area contributed by atoms with Gasteiger partial charge >= 0.3 is 11.9 Å². The van der Waals surface area contributed by atoms with E-state index in [4.69, 9.17) is 9.47 Å². The van der Waals surface area contributed by atoms with E-state index >= 15 is 0 Å². The van der Waals surface area contributed by atoms with Crippen molar-refractivity contribution in [2.24, 2.45) is 11.8 Å². The number of nitrogens with one attached hydrogen (secondary N) is 1. The molecule has 1 aliphatic rings. The minimum atomic E-state index is -0.654. The Bertz CT molecular complexity index is 544. The van der Waals surface area contributed by atoms with Crippen molar-refractivity contribution in [2.75, 3.05) is 0 Å². The van der Waals surface area contributed by atoms with Gasteiger partial charge in [-0.3, -0.25) is 9.59 Å². The Morgan fingerprint density at radius 1 is 1.48 bits per heavy atom. The van der Waals surface area contributed by atoms with Crippen molar-refractivity contribution in [3.8, 4) is 0 Å². The molecule has 3 atom stereocenters. The number of ether oxygens (including phenoxy) is 2. The molecule has 6 nitrogen and oxygen atoms in total. The molecule has 2 rings (SSSR count). The second-order valence-electron chi connectivity index (χ2n) is 6.36. The topological polar surface area (TPSA) is 81.3 Å². The lowest BCUT2D eigenvalue weighted by atomic mass is 9.87. The zero-order valence-electron chi connectivity index (χ0n) is 13.1. The summed E-state index contributed by atoms with van der Waals surface area (Å²) in [5.41, 5.74) is 0.0304. The van der Waals surface area contributed by atoms with Crippen molar-refractivity contribution in [3.63, 3.8) is 0 Å². The second kappa shape index (κ2) is 5.50. The first-order chi connectivity index (χ1) is 9.73. The molecule has 0 aromatic carbocycles. The Hall–Kier alpha value is -1.85. The van der Waals surface area contributed by atoms with Gasteiger partial charge in [0, 0.05) is 0 Å². The predicted octanol–water partition coefficient (Wildman–Crippen LogP) is 2.30. The smallest absolute Gasteiger partial charge is 0.314 e. The van der Waals surface area contributed by atoms with E-state index in [1.54, 1.807) is 33.9 Å². The maximum absolute atomic E-state index is 12.5. The molecule has 0 spiro atoms. The van der Waals surface area contributed by atoms with E-state index < -0.39 is 29.5 Å². The molecule has 0 amide bonds. The van der Waals surface area contributed by atoms with Crippen molar-refractivity contribution in [3.05, 3.63) is 17.7 Å². The monoisotopic (exact) mass is 294 g/mol. The Morgan fingerprint density at radius 3 is 2.62 bits per heavy atom. The number of nitrogens with zero attached hydrogens (tertiary/aromatic N) is 1. The number of aromatic amines is 1. The molecule has 116 valence electrons. The summed E-state index contributed by atoms with van der Waals surface area (Å²) in [4.78, 5) is 31.6. The van der Waals surface area contributed by atoms with Crippen molar-refractivity contribution >= 4 is 11.9 Å². The molecular formula is C15H22N2O4. The summed E-state index contributed by atoms with van der Waals surface area (Å²) < 4.78 is 10.9. The number of carbonyl (C=O) groups is 2. The van der Waals surface area contributed by atoms with Gasteiger partial charge in [0.1, 0.15) is 17.3 Å². The lowest BCUT2D eigenvalue weighted by molar-refractivity contribution is -0.163. The lowest BCUT2D eigenvalue weighted by Crippen LogP contribution is -2.33. The van der Waals surface area contributed by atoms with Crippen molar-refractivity contribution in [2.45, 2.75) is 52.7 Å². The Morgan fingerprint density at radius 2 is 2.14 bits per heavy atom. The quantitative estimate of drug-likeness (QED) is 0.865. The second-order valence-corrected chi connectivity index (χ2v) is 6.36. The van der Waals surface area contributed by atoms with Gasteiger partial charge in [0.25, 0.3) is 0 Å². The third-order valence-electron chi connectivity index (χ3n) is 3.45. The number of hydrogen-bond acceptors (Lipinski definition) is 5. The van der Waals surface area contributed by atoms with E-state index in [2.05, 4.69) is 9.97 Å². The number of rotatable bonds is 3. The highest BCUT2D eigenvalue weighted by atomic mass is 16.6. The number of hydrogen-bond donors (Lipinski definition) is 1. The largest absolute Gasteiger partial charge is 0.460 e.